The molecular formula is C14H22N4O2. The molecule has 0 aliphatic heterocycles. The van der Waals surface area contributed by atoms with E-state index in [4.69, 9.17) is 5.73 Å². The molecule has 0 radical (unpaired) electrons. The van der Waals surface area contributed by atoms with Gasteiger partial charge in [0.15, 0.2) is 0 Å². The summed E-state index contributed by atoms with van der Waals surface area (Å²) in [7, 11) is 0. The van der Waals surface area contributed by atoms with Gasteiger partial charge < -0.3 is 11.1 Å². The van der Waals surface area contributed by atoms with Crippen LogP contribution in [0.3, 0.4) is 0 Å². The summed E-state index contributed by atoms with van der Waals surface area (Å²) < 4.78 is 0. The molecule has 6 heteroatoms. The molecule has 0 saturated heterocycles. The molecule has 1 aromatic rings. The Morgan fingerprint density at radius 2 is 2.10 bits per heavy atom. The van der Waals surface area contributed by atoms with Crippen LogP contribution in [0.5, 0.6) is 0 Å². The van der Waals surface area contributed by atoms with Crippen molar-refractivity contribution in [2.75, 3.05) is 11.1 Å². The third-order valence-electron chi connectivity index (χ3n) is 4.05. The zero-order valence-corrected chi connectivity index (χ0v) is 12.0. The summed E-state index contributed by atoms with van der Waals surface area (Å²) in [5, 5.41) is 14.2. The molecule has 110 valence electrons. The molecule has 6 nitrogen and oxygen atoms in total. The standard InChI is InChI=1S/C14H22N4O2/c1-9(2)11-5-3-4-6-12(11)16-14-8-10(18(19)20)7-13(15)17-14/h7-9,11-12H,3-6H2,1-2H3,(H3,15,16,17). The highest BCUT2D eigenvalue weighted by Crippen LogP contribution is 2.32. The molecule has 0 bridgehead atoms. The third kappa shape index (κ3) is 3.37. The van der Waals surface area contributed by atoms with Gasteiger partial charge in [-0.2, -0.15) is 0 Å². The molecule has 2 unspecified atom stereocenters. The minimum atomic E-state index is -0.440. The highest BCUT2D eigenvalue weighted by Gasteiger charge is 2.28. The Morgan fingerprint density at radius 1 is 1.40 bits per heavy atom. The number of nitrogens with two attached hydrogens (primary N) is 1. The molecule has 1 aromatic heterocycles. The topological polar surface area (TPSA) is 94.1 Å². The monoisotopic (exact) mass is 278 g/mol. The Morgan fingerprint density at radius 3 is 2.75 bits per heavy atom. The molecule has 1 heterocycles. The van der Waals surface area contributed by atoms with E-state index in [9.17, 15) is 10.1 Å². The van der Waals surface area contributed by atoms with Crippen LogP contribution in [0, 0.1) is 22.0 Å². The summed E-state index contributed by atoms with van der Waals surface area (Å²) in [6, 6.07) is 3.06. The SMILES string of the molecule is CC(C)C1CCCCC1Nc1cc([N+](=O)[O-])cc(N)n1. The molecule has 0 aromatic carbocycles. The first-order valence-electron chi connectivity index (χ1n) is 7.16. The zero-order valence-electron chi connectivity index (χ0n) is 12.0. The maximum Gasteiger partial charge on any atom is 0.276 e. The van der Waals surface area contributed by atoms with E-state index in [-0.39, 0.29) is 11.5 Å². The van der Waals surface area contributed by atoms with E-state index in [1.165, 1.54) is 31.4 Å². The van der Waals surface area contributed by atoms with Gasteiger partial charge in [0, 0.05) is 6.04 Å². The maximum atomic E-state index is 10.9. The first kappa shape index (κ1) is 14.6. The van der Waals surface area contributed by atoms with E-state index in [1.54, 1.807) is 0 Å². The van der Waals surface area contributed by atoms with Crippen molar-refractivity contribution in [2.45, 2.75) is 45.6 Å². The number of nitro groups is 1. The zero-order chi connectivity index (χ0) is 14.7. The van der Waals surface area contributed by atoms with Crippen molar-refractivity contribution in [3.8, 4) is 0 Å². The van der Waals surface area contributed by atoms with Crippen molar-refractivity contribution in [1.29, 1.82) is 0 Å². The minimum Gasteiger partial charge on any atom is -0.383 e. The van der Waals surface area contributed by atoms with E-state index < -0.39 is 4.92 Å². The van der Waals surface area contributed by atoms with E-state index in [2.05, 4.69) is 24.1 Å². The average Bonchev–Trinajstić information content (AvgIpc) is 2.38. The van der Waals surface area contributed by atoms with Crippen LogP contribution in [0.4, 0.5) is 17.3 Å². The molecular weight excluding hydrogens is 256 g/mol. The highest BCUT2D eigenvalue weighted by molar-refractivity contribution is 5.53. The van der Waals surface area contributed by atoms with Crippen molar-refractivity contribution < 1.29 is 4.92 Å². The number of nitrogens with zero attached hydrogens (tertiary/aromatic N) is 2. The van der Waals surface area contributed by atoms with E-state index in [0.29, 0.717) is 23.7 Å². The Bertz CT molecular complexity index is 490. The highest BCUT2D eigenvalue weighted by atomic mass is 16.6. The molecule has 2 rings (SSSR count). The van der Waals surface area contributed by atoms with Crippen LogP contribution in [-0.4, -0.2) is 15.9 Å². The van der Waals surface area contributed by atoms with Crippen LogP contribution < -0.4 is 11.1 Å². The fourth-order valence-electron chi connectivity index (χ4n) is 3.04. The largest absolute Gasteiger partial charge is 0.383 e. The van der Waals surface area contributed by atoms with Gasteiger partial charge in [0.25, 0.3) is 5.69 Å². The Labute approximate surface area is 118 Å². The van der Waals surface area contributed by atoms with Crippen molar-refractivity contribution in [2.24, 2.45) is 11.8 Å². The molecule has 1 fully saturated rings. The average molecular weight is 278 g/mol. The van der Waals surface area contributed by atoms with Gasteiger partial charge in [-0.1, -0.05) is 26.7 Å². The van der Waals surface area contributed by atoms with Crippen molar-refractivity contribution >= 4 is 17.3 Å². The van der Waals surface area contributed by atoms with Gasteiger partial charge in [-0.15, -0.1) is 0 Å². The summed E-state index contributed by atoms with van der Waals surface area (Å²) in [6.45, 7) is 4.44. The lowest BCUT2D eigenvalue weighted by Gasteiger charge is -2.35. The fraction of sp³-hybridized carbons (Fsp3) is 0.643. The number of nitrogens with one attached hydrogen (secondary N) is 1. The van der Waals surface area contributed by atoms with Crippen LogP contribution in [-0.2, 0) is 0 Å². The predicted molar refractivity (Wildman–Crippen MR) is 79.5 cm³/mol. The van der Waals surface area contributed by atoms with Gasteiger partial charge in [0.1, 0.15) is 11.6 Å². The van der Waals surface area contributed by atoms with Crippen LogP contribution in [0.15, 0.2) is 12.1 Å². The van der Waals surface area contributed by atoms with Crippen LogP contribution in [0.2, 0.25) is 0 Å². The molecule has 1 saturated carbocycles. The molecule has 3 N–H and O–H groups in total. The lowest BCUT2D eigenvalue weighted by atomic mass is 9.78. The Kier molecular flexibility index (Phi) is 4.42. The normalized spacial score (nSPS) is 22.8. The number of nitrogen functional groups attached to an aromatic ring is 1. The van der Waals surface area contributed by atoms with Gasteiger partial charge in [-0.05, 0) is 24.7 Å². The summed E-state index contributed by atoms with van der Waals surface area (Å²) >= 11 is 0. The number of rotatable bonds is 4. The summed E-state index contributed by atoms with van der Waals surface area (Å²) in [5.41, 5.74) is 5.62. The fourth-order valence-corrected chi connectivity index (χ4v) is 3.04. The second-order valence-corrected chi connectivity index (χ2v) is 5.84. The second-order valence-electron chi connectivity index (χ2n) is 5.84. The van der Waals surface area contributed by atoms with Gasteiger partial charge in [-0.3, -0.25) is 10.1 Å². The van der Waals surface area contributed by atoms with Gasteiger partial charge in [-0.25, -0.2) is 4.98 Å². The van der Waals surface area contributed by atoms with E-state index in [1.807, 2.05) is 0 Å². The molecule has 2 atom stereocenters. The molecule has 20 heavy (non-hydrogen) atoms. The molecule has 0 amide bonds. The summed E-state index contributed by atoms with van der Waals surface area (Å²) in [4.78, 5) is 14.6. The number of aromatic nitrogens is 1. The Balaban J connectivity index is 2.17. The summed E-state index contributed by atoms with van der Waals surface area (Å²) in [6.07, 6.45) is 4.71. The van der Waals surface area contributed by atoms with Crippen molar-refractivity contribution in [3.63, 3.8) is 0 Å². The second kappa shape index (κ2) is 6.07. The third-order valence-corrected chi connectivity index (χ3v) is 4.05. The summed E-state index contributed by atoms with van der Waals surface area (Å²) in [5.74, 6) is 1.85. The van der Waals surface area contributed by atoms with Gasteiger partial charge >= 0.3 is 0 Å². The van der Waals surface area contributed by atoms with E-state index >= 15 is 0 Å². The van der Waals surface area contributed by atoms with Crippen LogP contribution >= 0.6 is 0 Å². The van der Waals surface area contributed by atoms with E-state index in [0.717, 1.165) is 6.42 Å². The smallest absolute Gasteiger partial charge is 0.276 e. The lowest BCUT2D eigenvalue weighted by Crippen LogP contribution is -2.35. The number of hydrogen-bond donors (Lipinski definition) is 2. The maximum absolute atomic E-state index is 10.9. The Hall–Kier alpha value is -1.85. The number of hydrogen-bond acceptors (Lipinski definition) is 5. The lowest BCUT2D eigenvalue weighted by molar-refractivity contribution is -0.384. The molecule has 1 aliphatic rings. The van der Waals surface area contributed by atoms with Crippen LogP contribution in [0.1, 0.15) is 39.5 Å². The van der Waals surface area contributed by atoms with Crippen molar-refractivity contribution in [1.82, 2.24) is 4.98 Å². The predicted octanol–water partition coefficient (Wildman–Crippen LogP) is 3.20. The molecule has 1 aliphatic carbocycles. The minimum absolute atomic E-state index is 0.0168. The first-order chi connectivity index (χ1) is 9.47. The van der Waals surface area contributed by atoms with Crippen molar-refractivity contribution in [3.05, 3.63) is 22.2 Å². The van der Waals surface area contributed by atoms with Gasteiger partial charge in [0.05, 0.1) is 17.1 Å². The first-order valence-corrected chi connectivity index (χ1v) is 7.16. The van der Waals surface area contributed by atoms with Gasteiger partial charge in [0.2, 0.25) is 0 Å². The quantitative estimate of drug-likeness (QED) is 0.651. The molecule has 0 spiro atoms. The number of pyridine rings is 1. The number of anilines is 2. The van der Waals surface area contributed by atoms with Crippen LogP contribution in [0.25, 0.3) is 0 Å².